The molecule has 2 rings (SSSR count). The Balaban J connectivity index is 2.12. The molecule has 0 bridgehead atoms. The molecule has 0 aromatic heterocycles. The van der Waals surface area contributed by atoms with Crippen LogP contribution in [0.25, 0.3) is 0 Å². The zero-order valence-electron chi connectivity index (χ0n) is 13.0. The second-order valence-corrected chi connectivity index (χ2v) is 7.91. The van der Waals surface area contributed by atoms with Gasteiger partial charge in [0.05, 0.1) is 23.1 Å². The van der Waals surface area contributed by atoms with Crippen molar-refractivity contribution < 1.29 is 17.9 Å². The van der Waals surface area contributed by atoms with Gasteiger partial charge in [-0.05, 0) is 37.0 Å². The van der Waals surface area contributed by atoms with Crippen molar-refractivity contribution in [1.29, 1.82) is 0 Å². The van der Waals surface area contributed by atoms with E-state index in [9.17, 15) is 8.42 Å². The lowest BCUT2D eigenvalue weighted by molar-refractivity contribution is -0.0211. The fourth-order valence-corrected chi connectivity index (χ4v) is 4.13. The number of ether oxygens (including phenoxy) is 2. The van der Waals surface area contributed by atoms with E-state index < -0.39 is 10.0 Å². The minimum Gasteiger partial charge on any atom is -0.495 e. The van der Waals surface area contributed by atoms with E-state index in [4.69, 9.17) is 21.1 Å². The Kier molecular flexibility index (Phi) is 5.71. The topological polar surface area (TPSA) is 64.6 Å². The van der Waals surface area contributed by atoms with Gasteiger partial charge < -0.3 is 9.47 Å². The van der Waals surface area contributed by atoms with Crippen molar-refractivity contribution >= 4 is 21.6 Å². The first-order valence-corrected chi connectivity index (χ1v) is 9.17. The molecule has 22 heavy (non-hydrogen) atoms. The summed E-state index contributed by atoms with van der Waals surface area (Å²) in [6, 6.07) is 4.33. The number of nitrogens with one attached hydrogen (secondary N) is 1. The number of methoxy groups -OCH3 is 1. The van der Waals surface area contributed by atoms with Crippen LogP contribution in [0, 0.1) is 5.92 Å². The third kappa shape index (κ3) is 4.13. The summed E-state index contributed by atoms with van der Waals surface area (Å²) in [6.45, 7) is 4.72. The predicted molar refractivity (Wildman–Crippen MR) is 85.9 cm³/mol. The highest BCUT2D eigenvalue weighted by molar-refractivity contribution is 7.89. The molecule has 0 spiro atoms. The summed E-state index contributed by atoms with van der Waals surface area (Å²) in [5.41, 5.74) is 0. The highest BCUT2D eigenvalue weighted by Crippen LogP contribution is 2.28. The standard InChI is InChI=1S/C15H22ClNO4S/c1-10(2)15-8-11(6-7-21-15)17-22(18,19)12-4-5-14(20-3)13(16)9-12/h4-5,9-11,15,17H,6-8H2,1-3H3/t11-,15-/m0/s1. The highest BCUT2D eigenvalue weighted by atomic mass is 35.5. The minimum atomic E-state index is -3.60. The first-order chi connectivity index (χ1) is 10.3. The van der Waals surface area contributed by atoms with Gasteiger partial charge in [0.2, 0.25) is 10.0 Å². The molecule has 1 aromatic rings. The van der Waals surface area contributed by atoms with Crippen LogP contribution in [0.3, 0.4) is 0 Å². The van der Waals surface area contributed by atoms with E-state index in [0.29, 0.717) is 31.1 Å². The van der Waals surface area contributed by atoms with Gasteiger partial charge in [0.1, 0.15) is 5.75 Å². The van der Waals surface area contributed by atoms with Crippen LogP contribution in [0.2, 0.25) is 5.02 Å². The Morgan fingerprint density at radius 3 is 2.73 bits per heavy atom. The van der Waals surface area contributed by atoms with Crippen LogP contribution >= 0.6 is 11.6 Å². The van der Waals surface area contributed by atoms with E-state index >= 15 is 0 Å². The second kappa shape index (κ2) is 7.17. The lowest BCUT2D eigenvalue weighted by atomic mass is 9.96. The van der Waals surface area contributed by atoms with E-state index in [0.717, 1.165) is 0 Å². The van der Waals surface area contributed by atoms with Gasteiger partial charge >= 0.3 is 0 Å². The van der Waals surface area contributed by atoms with E-state index in [1.165, 1.54) is 19.2 Å². The first-order valence-electron chi connectivity index (χ1n) is 7.31. The average Bonchev–Trinajstić information content (AvgIpc) is 2.47. The molecule has 0 saturated carbocycles. The predicted octanol–water partition coefficient (Wildman–Crippen LogP) is 2.83. The lowest BCUT2D eigenvalue weighted by Crippen LogP contribution is -2.43. The summed E-state index contributed by atoms with van der Waals surface area (Å²) in [5.74, 6) is 0.814. The van der Waals surface area contributed by atoms with Crippen LogP contribution in [0.1, 0.15) is 26.7 Å². The summed E-state index contributed by atoms with van der Waals surface area (Å²) < 4.78 is 38.4. The van der Waals surface area contributed by atoms with Crippen LogP contribution in [0.15, 0.2) is 23.1 Å². The number of sulfonamides is 1. The average molecular weight is 348 g/mol. The van der Waals surface area contributed by atoms with Gasteiger partial charge in [-0.1, -0.05) is 25.4 Å². The number of halogens is 1. The largest absolute Gasteiger partial charge is 0.495 e. The molecule has 1 fully saturated rings. The minimum absolute atomic E-state index is 0.0842. The van der Waals surface area contributed by atoms with Crippen molar-refractivity contribution in [2.75, 3.05) is 13.7 Å². The molecular weight excluding hydrogens is 326 g/mol. The van der Waals surface area contributed by atoms with Crippen molar-refractivity contribution in [2.24, 2.45) is 5.92 Å². The number of hydrogen-bond acceptors (Lipinski definition) is 4. The molecule has 1 saturated heterocycles. The molecule has 0 unspecified atom stereocenters. The summed E-state index contributed by atoms with van der Waals surface area (Å²) >= 11 is 6.01. The molecular formula is C15H22ClNO4S. The summed E-state index contributed by atoms with van der Waals surface area (Å²) in [5, 5.41) is 0.275. The summed E-state index contributed by atoms with van der Waals surface area (Å²) in [7, 11) is -2.11. The molecule has 0 aliphatic carbocycles. The Morgan fingerprint density at radius 1 is 1.41 bits per heavy atom. The van der Waals surface area contributed by atoms with Crippen molar-refractivity contribution in [3.63, 3.8) is 0 Å². The maximum atomic E-state index is 12.5. The summed E-state index contributed by atoms with van der Waals surface area (Å²) in [4.78, 5) is 0.144. The molecule has 7 heteroatoms. The number of benzene rings is 1. The first kappa shape index (κ1) is 17.5. The van der Waals surface area contributed by atoms with Gasteiger partial charge in [-0.2, -0.15) is 0 Å². The zero-order valence-corrected chi connectivity index (χ0v) is 14.6. The van der Waals surface area contributed by atoms with Crippen molar-refractivity contribution in [2.45, 2.75) is 43.7 Å². The summed E-state index contributed by atoms with van der Waals surface area (Å²) in [6.07, 6.45) is 1.44. The maximum absolute atomic E-state index is 12.5. The Morgan fingerprint density at radius 2 is 2.14 bits per heavy atom. The SMILES string of the molecule is COc1ccc(S(=O)(=O)N[C@H]2CCO[C@H](C(C)C)C2)cc1Cl. The van der Waals surface area contributed by atoms with Crippen LogP contribution in [-0.2, 0) is 14.8 Å². The Bertz CT molecular complexity index is 618. The third-order valence-corrected chi connectivity index (χ3v) is 5.63. The second-order valence-electron chi connectivity index (χ2n) is 5.79. The molecule has 1 aromatic carbocycles. The van der Waals surface area contributed by atoms with E-state index in [-0.39, 0.29) is 22.1 Å². The molecule has 1 aliphatic heterocycles. The van der Waals surface area contributed by atoms with Gasteiger partial charge in [-0.3, -0.25) is 0 Å². The molecule has 1 heterocycles. The Labute approximate surface area is 137 Å². The van der Waals surface area contributed by atoms with Crippen LogP contribution in [-0.4, -0.2) is 34.3 Å². The van der Waals surface area contributed by atoms with E-state index in [1.807, 2.05) is 0 Å². The fraction of sp³-hybridized carbons (Fsp3) is 0.600. The van der Waals surface area contributed by atoms with Crippen LogP contribution in [0.4, 0.5) is 0 Å². The van der Waals surface area contributed by atoms with Gasteiger partial charge in [0.25, 0.3) is 0 Å². The van der Waals surface area contributed by atoms with Crippen LogP contribution in [0.5, 0.6) is 5.75 Å². The van der Waals surface area contributed by atoms with Gasteiger partial charge in [-0.25, -0.2) is 13.1 Å². The zero-order chi connectivity index (χ0) is 16.3. The van der Waals surface area contributed by atoms with Gasteiger partial charge in [-0.15, -0.1) is 0 Å². The molecule has 0 radical (unpaired) electrons. The van der Waals surface area contributed by atoms with E-state index in [2.05, 4.69) is 18.6 Å². The van der Waals surface area contributed by atoms with E-state index in [1.54, 1.807) is 6.07 Å². The molecule has 1 aliphatic rings. The van der Waals surface area contributed by atoms with Gasteiger partial charge in [0, 0.05) is 12.6 Å². The molecule has 5 nitrogen and oxygen atoms in total. The normalized spacial score (nSPS) is 22.8. The monoisotopic (exact) mass is 347 g/mol. The third-order valence-electron chi connectivity index (χ3n) is 3.81. The molecule has 124 valence electrons. The quantitative estimate of drug-likeness (QED) is 0.889. The number of rotatable bonds is 5. The molecule has 0 amide bonds. The highest BCUT2D eigenvalue weighted by Gasteiger charge is 2.28. The Hall–Kier alpha value is -0.820. The smallest absolute Gasteiger partial charge is 0.240 e. The van der Waals surface area contributed by atoms with Crippen LogP contribution < -0.4 is 9.46 Å². The lowest BCUT2D eigenvalue weighted by Gasteiger charge is -2.32. The van der Waals surface area contributed by atoms with Crippen molar-refractivity contribution in [3.8, 4) is 5.75 Å². The van der Waals surface area contributed by atoms with Gasteiger partial charge in [0.15, 0.2) is 0 Å². The number of hydrogen-bond donors (Lipinski definition) is 1. The van der Waals surface area contributed by atoms with Crippen molar-refractivity contribution in [1.82, 2.24) is 4.72 Å². The maximum Gasteiger partial charge on any atom is 0.240 e. The molecule has 2 atom stereocenters. The van der Waals surface area contributed by atoms with Crippen molar-refractivity contribution in [3.05, 3.63) is 23.2 Å². The fourth-order valence-electron chi connectivity index (χ4n) is 2.50. The molecule has 1 N–H and O–H groups in total.